The predicted molar refractivity (Wildman–Crippen MR) is 86.7 cm³/mol. The summed E-state index contributed by atoms with van der Waals surface area (Å²) in [7, 11) is 3.34. The van der Waals surface area contributed by atoms with Gasteiger partial charge in [-0.15, -0.1) is 0 Å². The molecule has 1 aromatic carbocycles. The molecule has 2 rings (SSSR count). The summed E-state index contributed by atoms with van der Waals surface area (Å²) in [5.74, 6) is 1.66. The van der Waals surface area contributed by atoms with Crippen molar-refractivity contribution >= 4 is 15.9 Å². The maximum atomic E-state index is 5.42. The van der Waals surface area contributed by atoms with E-state index < -0.39 is 0 Å². The molecule has 1 atom stereocenters. The van der Waals surface area contributed by atoms with Gasteiger partial charge < -0.3 is 14.8 Å². The summed E-state index contributed by atoms with van der Waals surface area (Å²) in [5.41, 5.74) is 2.05. The van der Waals surface area contributed by atoms with Crippen molar-refractivity contribution in [2.24, 2.45) is 0 Å². The molecule has 5 heteroatoms. The van der Waals surface area contributed by atoms with Crippen molar-refractivity contribution in [1.82, 2.24) is 10.3 Å². The fourth-order valence-corrected chi connectivity index (χ4v) is 2.47. The van der Waals surface area contributed by atoms with Crippen LogP contribution in [-0.4, -0.2) is 19.2 Å². The lowest BCUT2D eigenvalue weighted by Crippen LogP contribution is -2.19. The van der Waals surface area contributed by atoms with E-state index in [1.54, 1.807) is 14.2 Å². The van der Waals surface area contributed by atoms with Crippen molar-refractivity contribution in [2.75, 3.05) is 14.2 Å². The van der Waals surface area contributed by atoms with E-state index in [0.717, 1.165) is 27.4 Å². The van der Waals surface area contributed by atoms with Crippen molar-refractivity contribution < 1.29 is 9.47 Å². The zero-order valence-corrected chi connectivity index (χ0v) is 14.0. The van der Waals surface area contributed by atoms with E-state index in [0.29, 0.717) is 6.54 Å². The quantitative estimate of drug-likeness (QED) is 0.806. The lowest BCUT2D eigenvalue weighted by Gasteiger charge is -2.18. The van der Waals surface area contributed by atoms with Gasteiger partial charge in [-0.25, -0.2) is 4.98 Å². The van der Waals surface area contributed by atoms with Crippen LogP contribution < -0.4 is 14.8 Å². The van der Waals surface area contributed by atoms with Gasteiger partial charge in [0.05, 0.1) is 19.9 Å². The van der Waals surface area contributed by atoms with Crippen LogP contribution in [0.4, 0.5) is 0 Å². The molecule has 2 aromatic rings. The van der Waals surface area contributed by atoms with Crippen LogP contribution in [0.3, 0.4) is 0 Å². The Labute approximate surface area is 133 Å². The number of ether oxygens (including phenoxy) is 2. The molecule has 0 spiro atoms. The van der Waals surface area contributed by atoms with Gasteiger partial charge >= 0.3 is 0 Å². The van der Waals surface area contributed by atoms with Crippen molar-refractivity contribution in [3.8, 4) is 11.5 Å². The maximum absolute atomic E-state index is 5.42. The van der Waals surface area contributed by atoms with Gasteiger partial charge in [0.2, 0.25) is 0 Å². The summed E-state index contributed by atoms with van der Waals surface area (Å²) in [5, 5.41) is 3.45. The van der Waals surface area contributed by atoms with E-state index in [4.69, 9.17) is 9.47 Å². The highest BCUT2D eigenvalue weighted by molar-refractivity contribution is 9.10. The van der Waals surface area contributed by atoms with Crippen LogP contribution in [0, 0.1) is 0 Å². The number of methoxy groups -OCH3 is 2. The first-order valence-corrected chi connectivity index (χ1v) is 7.50. The summed E-state index contributed by atoms with van der Waals surface area (Å²) in [6.07, 6.45) is 0. The molecular formula is C16H19BrN2O2. The first kappa shape index (κ1) is 15.8. The van der Waals surface area contributed by atoms with Crippen LogP contribution in [-0.2, 0) is 6.54 Å². The second-order valence-corrected chi connectivity index (χ2v) is 5.47. The Morgan fingerprint density at radius 3 is 2.67 bits per heavy atom. The molecule has 0 saturated heterocycles. The van der Waals surface area contributed by atoms with Gasteiger partial charge in [0.15, 0.2) is 0 Å². The molecule has 1 aromatic heterocycles. The maximum Gasteiger partial charge on any atom is 0.123 e. The Kier molecular flexibility index (Phi) is 5.59. The van der Waals surface area contributed by atoms with Crippen molar-refractivity contribution in [2.45, 2.75) is 19.5 Å². The molecule has 112 valence electrons. The van der Waals surface area contributed by atoms with Crippen molar-refractivity contribution in [3.05, 3.63) is 52.3 Å². The highest BCUT2D eigenvalue weighted by Gasteiger charge is 2.12. The lowest BCUT2D eigenvalue weighted by molar-refractivity contribution is 0.391. The molecule has 0 aliphatic rings. The largest absolute Gasteiger partial charge is 0.497 e. The molecule has 0 amide bonds. The molecule has 0 saturated carbocycles. The fraction of sp³-hybridized carbons (Fsp3) is 0.312. The minimum atomic E-state index is 0.121. The van der Waals surface area contributed by atoms with Crippen LogP contribution in [0.15, 0.2) is 41.0 Å². The fourth-order valence-electron chi connectivity index (χ4n) is 2.09. The van der Waals surface area contributed by atoms with Crippen LogP contribution >= 0.6 is 15.9 Å². The number of hydrogen-bond donors (Lipinski definition) is 1. The number of hydrogen-bond acceptors (Lipinski definition) is 4. The van der Waals surface area contributed by atoms with Crippen molar-refractivity contribution in [3.63, 3.8) is 0 Å². The topological polar surface area (TPSA) is 43.4 Å². The molecule has 0 aliphatic heterocycles. The van der Waals surface area contributed by atoms with E-state index >= 15 is 0 Å². The summed E-state index contributed by atoms with van der Waals surface area (Å²) in [4.78, 5) is 4.41. The Bertz CT molecular complexity index is 605. The Hall–Kier alpha value is -1.59. The van der Waals surface area contributed by atoms with Gasteiger partial charge in [0.25, 0.3) is 0 Å². The first-order chi connectivity index (χ1) is 10.1. The molecule has 4 nitrogen and oxygen atoms in total. The second-order valence-electron chi connectivity index (χ2n) is 4.66. The number of benzene rings is 1. The smallest absolute Gasteiger partial charge is 0.123 e. The minimum Gasteiger partial charge on any atom is -0.497 e. The van der Waals surface area contributed by atoms with E-state index in [9.17, 15) is 0 Å². The molecule has 1 heterocycles. The van der Waals surface area contributed by atoms with Crippen molar-refractivity contribution in [1.29, 1.82) is 0 Å². The summed E-state index contributed by atoms with van der Waals surface area (Å²) >= 11 is 3.38. The molecular weight excluding hydrogens is 332 g/mol. The SMILES string of the molecule is COc1ccc(OC)c(C(C)NCc2cccc(Br)n2)c1. The van der Waals surface area contributed by atoms with Crippen LogP contribution in [0.25, 0.3) is 0 Å². The Morgan fingerprint density at radius 2 is 2.00 bits per heavy atom. The Balaban J connectivity index is 2.10. The van der Waals surface area contributed by atoms with Gasteiger partial charge in [-0.05, 0) is 53.2 Å². The molecule has 1 unspecified atom stereocenters. The first-order valence-electron chi connectivity index (χ1n) is 6.70. The molecule has 0 aliphatic carbocycles. The number of rotatable bonds is 6. The average molecular weight is 351 g/mol. The molecule has 0 bridgehead atoms. The summed E-state index contributed by atoms with van der Waals surface area (Å²) in [6, 6.07) is 11.8. The van der Waals surface area contributed by atoms with Crippen LogP contribution in [0.5, 0.6) is 11.5 Å². The van der Waals surface area contributed by atoms with Gasteiger partial charge in [0.1, 0.15) is 16.1 Å². The average Bonchev–Trinajstić information content (AvgIpc) is 2.52. The predicted octanol–water partition coefficient (Wildman–Crippen LogP) is 3.71. The molecule has 0 fully saturated rings. The van der Waals surface area contributed by atoms with Gasteiger partial charge in [-0.2, -0.15) is 0 Å². The summed E-state index contributed by atoms with van der Waals surface area (Å²) in [6.45, 7) is 2.77. The minimum absolute atomic E-state index is 0.121. The van der Waals surface area contributed by atoms with Gasteiger partial charge in [-0.1, -0.05) is 6.07 Å². The molecule has 21 heavy (non-hydrogen) atoms. The number of nitrogens with zero attached hydrogens (tertiary/aromatic N) is 1. The van der Waals surface area contributed by atoms with Crippen LogP contribution in [0.1, 0.15) is 24.2 Å². The molecule has 1 N–H and O–H groups in total. The third-order valence-electron chi connectivity index (χ3n) is 3.27. The second kappa shape index (κ2) is 7.43. The van der Waals surface area contributed by atoms with Gasteiger partial charge in [0, 0.05) is 18.2 Å². The Morgan fingerprint density at radius 1 is 1.19 bits per heavy atom. The number of halogens is 1. The van der Waals surface area contributed by atoms with E-state index in [1.165, 1.54) is 0 Å². The van der Waals surface area contributed by atoms with E-state index in [2.05, 4.69) is 33.2 Å². The summed E-state index contributed by atoms with van der Waals surface area (Å²) < 4.78 is 11.5. The monoisotopic (exact) mass is 350 g/mol. The highest BCUT2D eigenvalue weighted by Crippen LogP contribution is 2.29. The zero-order chi connectivity index (χ0) is 15.2. The standard InChI is InChI=1S/C16H19BrN2O2/c1-11(18-10-12-5-4-6-16(17)19-12)14-9-13(20-2)7-8-15(14)21-3/h4-9,11,18H,10H2,1-3H3. The van der Waals surface area contributed by atoms with Crippen LogP contribution in [0.2, 0.25) is 0 Å². The normalized spacial score (nSPS) is 12.0. The molecule has 0 radical (unpaired) electrons. The third-order valence-corrected chi connectivity index (χ3v) is 3.71. The lowest BCUT2D eigenvalue weighted by atomic mass is 10.1. The number of pyridine rings is 1. The number of aromatic nitrogens is 1. The van der Waals surface area contributed by atoms with Gasteiger partial charge in [-0.3, -0.25) is 0 Å². The van der Waals surface area contributed by atoms with E-state index in [-0.39, 0.29) is 6.04 Å². The number of nitrogens with one attached hydrogen (secondary N) is 1. The third kappa shape index (κ3) is 4.19. The zero-order valence-electron chi connectivity index (χ0n) is 12.4. The highest BCUT2D eigenvalue weighted by atomic mass is 79.9. The van der Waals surface area contributed by atoms with E-state index in [1.807, 2.05) is 36.4 Å².